The van der Waals surface area contributed by atoms with E-state index in [4.69, 9.17) is 9.15 Å². The van der Waals surface area contributed by atoms with E-state index in [0.717, 1.165) is 0 Å². The Morgan fingerprint density at radius 1 is 1.29 bits per heavy atom. The van der Waals surface area contributed by atoms with Gasteiger partial charge in [0.1, 0.15) is 5.75 Å². The molecule has 0 saturated heterocycles. The van der Waals surface area contributed by atoms with Crippen LogP contribution >= 0.6 is 15.9 Å². The Kier molecular flexibility index (Phi) is 4.44. The van der Waals surface area contributed by atoms with E-state index in [0.29, 0.717) is 39.1 Å². The van der Waals surface area contributed by atoms with Gasteiger partial charge in [-0.3, -0.25) is 9.36 Å². The topological polar surface area (TPSA) is 73.5 Å². The van der Waals surface area contributed by atoms with Crippen molar-refractivity contribution >= 4 is 38.6 Å². The summed E-state index contributed by atoms with van der Waals surface area (Å²) < 4.78 is 12.6. The summed E-state index contributed by atoms with van der Waals surface area (Å²) in [5.74, 6) is -0.0271. The molecule has 0 aliphatic heterocycles. The predicted octanol–water partition coefficient (Wildman–Crippen LogP) is 3.64. The summed E-state index contributed by atoms with van der Waals surface area (Å²) in [5, 5.41) is 2.79. The number of fused-ring (bicyclic) bond motifs is 1. The van der Waals surface area contributed by atoms with Crippen LogP contribution in [-0.2, 0) is 6.54 Å². The first-order valence-corrected chi connectivity index (χ1v) is 8.11. The number of nitrogens with one attached hydrogen (secondary N) is 1. The highest BCUT2D eigenvalue weighted by molar-refractivity contribution is 9.10. The lowest BCUT2D eigenvalue weighted by molar-refractivity contribution is 0.102. The van der Waals surface area contributed by atoms with Crippen LogP contribution in [0.15, 0.2) is 50.1 Å². The molecule has 1 amide bonds. The molecule has 1 heterocycles. The number of ether oxygens (including phenoxy) is 1. The first kappa shape index (κ1) is 16.3. The molecule has 3 rings (SSSR count). The van der Waals surface area contributed by atoms with Crippen molar-refractivity contribution in [3.05, 3.63) is 57.0 Å². The van der Waals surface area contributed by atoms with Crippen LogP contribution in [0.4, 0.5) is 5.69 Å². The van der Waals surface area contributed by atoms with Crippen molar-refractivity contribution < 1.29 is 13.9 Å². The molecule has 0 radical (unpaired) electrons. The molecule has 0 fully saturated rings. The molecule has 0 saturated carbocycles. The summed E-state index contributed by atoms with van der Waals surface area (Å²) in [6, 6.07) is 10.2. The van der Waals surface area contributed by atoms with Gasteiger partial charge in [0.15, 0.2) is 5.58 Å². The maximum Gasteiger partial charge on any atom is 0.419 e. The van der Waals surface area contributed by atoms with E-state index in [1.807, 2.05) is 6.92 Å². The Morgan fingerprint density at radius 3 is 2.75 bits per heavy atom. The zero-order chi connectivity index (χ0) is 17.3. The third-order valence-corrected chi connectivity index (χ3v) is 4.28. The fourth-order valence-corrected chi connectivity index (χ4v) is 3.00. The smallest absolute Gasteiger partial charge is 0.419 e. The quantitative estimate of drug-likeness (QED) is 0.737. The maximum absolute atomic E-state index is 12.4. The third kappa shape index (κ3) is 2.94. The monoisotopic (exact) mass is 390 g/mol. The molecule has 7 heteroatoms. The standard InChI is InChI=1S/C17H15BrN2O4/c1-3-20-13-6-5-11(9-15(13)24-17(20)22)19-16(21)10-4-7-14(23-2)12(18)8-10/h4-9H,3H2,1-2H3,(H,19,21). The number of anilines is 1. The molecule has 0 unspecified atom stereocenters. The molecule has 0 bridgehead atoms. The molecule has 2 aromatic carbocycles. The van der Waals surface area contributed by atoms with Gasteiger partial charge >= 0.3 is 5.76 Å². The highest BCUT2D eigenvalue weighted by atomic mass is 79.9. The molecule has 0 aliphatic carbocycles. The molecule has 3 aromatic rings. The van der Waals surface area contributed by atoms with Gasteiger partial charge in [0.05, 0.1) is 17.1 Å². The van der Waals surface area contributed by atoms with Crippen LogP contribution in [0.25, 0.3) is 11.1 Å². The van der Waals surface area contributed by atoms with Gasteiger partial charge in [-0.2, -0.15) is 0 Å². The van der Waals surface area contributed by atoms with Crippen LogP contribution in [0.1, 0.15) is 17.3 Å². The number of nitrogens with zero attached hydrogens (tertiary/aromatic N) is 1. The first-order valence-electron chi connectivity index (χ1n) is 7.31. The Balaban J connectivity index is 1.88. The molecule has 0 aliphatic rings. The van der Waals surface area contributed by atoms with Crippen molar-refractivity contribution in [3.8, 4) is 5.75 Å². The lowest BCUT2D eigenvalue weighted by Gasteiger charge is -2.08. The number of hydrogen-bond donors (Lipinski definition) is 1. The maximum atomic E-state index is 12.4. The number of aryl methyl sites for hydroxylation is 1. The Morgan fingerprint density at radius 2 is 2.08 bits per heavy atom. The number of hydrogen-bond acceptors (Lipinski definition) is 4. The van der Waals surface area contributed by atoms with Gasteiger partial charge in [-0.05, 0) is 53.2 Å². The van der Waals surface area contributed by atoms with Crippen molar-refractivity contribution in [3.63, 3.8) is 0 Å². The van der Waals surface area contributed by atoms with Crippen LogP contribution in [0.5, 0.6) is 5.75 Å². The number of carbonyl (C=O) groups excluding carboxylic acids is 1. The minimum Gasteiger partial charge on any atom is -0.496 e. The fraction of sp³-hybridized carbons (Fsp3) is 0.176. The SMILES string of the molecule is CCn1c(=O)oc2cc(NC(=O)c3ccc(OC)c(Br)c3)ccc21. The fourth-order valence-electron chi connectivity index (χ4n) is 2.45. The number of halogens is 1. The molecule has 6 nitrogen and oxygen atoms in total. The number of amides is 1. The number of benzene rings is 2. The molecule has 1 aromatic heterocycles. The molecule has 0 spiro atoms. The highest BCUT2D eigenvalue weighted by Gasteiger charge is 2.12. The lowest BCUT2D eigenvalue weighted by atomic mass is 10.2. The van der Waals surface area contributed by atoms with Crippen LogP contribution < -0.4 is 15.8 Å². The van der Waals surface area contributed by atoms with Crippen molar-refractivity contribution in [1.82, 2.24) is 4.57 Å². The van der Waals surface area contributed by atoms with Crippen molar-refractivity contribution in [2.24, 2.45) is 0 Å². The highest BCUT2D eigenvalue weighted by Crippen LogP contribution is 2.26. The Hall–Kier alpha value is -2.54. The van der Waals surface area contributed by atoms with Crippen LogP contribution in [0.2, 0.25) is 0 Å². The average Bonchev–Trinajstić information content (AvgIpc) is 2.88. The zero-order valence-electron chi connectivity index (χ0n) is 13.1. The second kappa shape index (κ2) is 6.52. The first-order chi connectivity index (χ1) is 11.5. The number of carbonyl (C=O) groups is 1. The largest absolute Gasteiger partial charge is 0.496 e. The minimum absolute atomic E-state index is 0.269. The number of oxazole rings is 1. The van der Waals surface area contributed by atoms with Gasteiger partial charge in [0.25, 0.3) is 5.91 Å². The summed E-state index contributed by atoms with van der Waals surface area (Å²) >= 11 is 3.35. The van der Waals surface area contributed by atoms with E-state index < -0.39 is 5.76 Å². The molecular weight excluding hydrogens is 376 g/mol. The van der Waals surface area contributed by atoms with E-state index in [1.54, 1.807) is 43.5 Å². The average molecular weight is 391 g/mol. The Bertz CT molecular complexity index is 974. The molecule has 1 N–H and O–H groups in total. The summed E-state index contributed by atoms with van der Waals surface area (Å²) in [4.78, 5) is 24.1. The third-order valence-electron chi connectivity index (χ3n) is 3.66. The van der Waals surface area contributed by atoms with Crippen molar-refractivity contribution in [2.45, 2.75) is 13.5 Å². The normalized spacial score (nSPS) is 10.8. The zero-order valence-corrected chi connectivity index (χ0v) is 14.7. The van der Waals surface area contributed by atoms with Crippen molar-refractivity contribution in [2.75, 3.05) is 12.4 Å². The van der Waals surface area contributed by atoms with Crippen molar-refractivity contribution in [1.29, 1.82) is 0 Å². The summed E-state index contributed by atoms with van der Waals surface area (Å²) in [5.41, 5.74) is 2.18. The van der Waals surface area contributed by atoms with Gasteiger partial charge < -0.3 is 14.5 Å². The van der Waals surface area contributed by atoms with E-state index >= 15 is 0 Å². The van der Waals surface area contributed by atoms with E-state index in [9.17, 15) is 9.59 Å². The van der Waals surface area contributed by atoms with Gasteiger partial charge in [-0.15, -0.1) is 0 Å². The summed E-state index contributed by atoms with van der Waals surface area (Å²) in [6.45, 7) is 2.39. The van der Waals surface area contributed by atoms with E-state index in [-0.39, 0.29) is 5.91 Å². The van der Waals surface area contributed by atoms with E-state index in [2.05, 4.69) is 21.2 Å². The Labute approximate surface area is 146 Å². The van der Waals surface area contributed by atoms with Gasteiger partial charge in [0.2, 0.25) is 0 Å². The lowest BCUT2D eigenvalue weighted by Crippen LogP contribution is -2.12. The van der Waals surface area contributed by atoms with Crippen LogP contribution in [-0.4, -0.2) is 17.6 Å². The van der Waals surface area contributed by atoms with Gasteiger partial charge in [-0.25, -0.2) is 4.79 Å². The molecule has 0 atom stereocenters. The second-order valence-corrected chi connectivity index (χ2v) is 5.95. The van der Waals surface area contributed by atoms with Gasteiger partial charge in [0, 0.05) is 23.9 Å². The number of aromatic nitrogens is 1. The summed E-state index contributed by atoms with van der Waals surface area (Å²) in [7, 11) is 1.56. The minimum atomic E-state index is -0.407. The molecular formula is C17H15BrN2O4. The second-order valence-electron chi connectivity index (χ2n) is 5.10. The molecule has 24 heavy (non-hydrogen) atoms. The summed E-state index contributed by atoms with van der Waals surface area (Å²) in [6.07, 6.45) is 0. The predicted molar refractivity (Wildman–Crippen MR) is 94.8 cm³/mol. The van der Waals surface area contributed by atoms with Gasteiger partial charge in [-0.1, -0.05) is 0 Å². The molecule has 124 valence electrons. The van der Waals surface area contributed by atoms with E-state index in [1.165, 1.54) is 4.57 Å². The van der Waals surface area contributed by atoms with Crippen LogP contribution in [0.3, 0.4) is 0 Å². The van der Waals surface area contributed by atoms with Crippen LogP contribution in [0, 0.1) is 0 Å². The number of methoxy groups -OCH3 is 1. The number of rotatable bonds is 4.